The second-order valence-electron chi connectivity index (χ2n) is 5.86. The Kier molecular flexibility index (Phi) is 4.78. The van der Waals surface area contributed by atoms with Gasteiger partial charge >= 0.3 is 0 Å². The normalized spacial score (nSPS) is 19.6. The van der Waals surface area contributed by atoms with Gasteiger partial charge in [-0.25, -0.2) is 4.52 Å². The molecule has 3 rings (SSSR count). The number of carbonyl (C=O) groups excluding carboxylic acids is 1. The summed E-state index contributed by atoms with van der Waals surface area (Å²) in [5, 5.41) is 7.25. The molecule has 2 atom stereocenters. The van der Waals surface area contributed by atoms with Gasteiger partial charge in [0.15, 0.2) is 0 Å². The number of nitrogens with zero attached hydrogens (tertiary/aromatic N) is 2. The summed E-state index contributed by atoms with van der Waals surface area (Å²) in [4.78, 5) is 12.7. The van der Waals surface area contributed by atoms with Crippen molar-refractivity contribution in [2.24, 2.45) is 5.92 Å². The first kappa shape index (κ1) is 15.8. The average Bonchev–Trinajstić information content (AvgIpc) is 2.98. The number of pyridine rings is 1. The zero-order chi connectivity index (χ0) is 16.2. The van der Waals surface area contributed by atoms with Crippen molar-refractivity contribution in [2.75, 3.05) is 32.7 Å². The molecule has 1 fully saturated rings. The number of nitrogen functional groups attached to an aromatic ring is 1. The fourth-order valence-corrected chi connectivity index (χ4v) is 2.98. The lowest BCUT2D eigenvalue weighted by Gasteiger charge is -2.30. The summed E-state index contributed by atoms with van der Waals surface area (Å²) in [7, 11) is 1.64. The van der Waals surface area contributed by atoms with Gasteiger partial charge in [-0.2, -0.15) is 5.10 Å². The number of anilines is 1. The molecule has 0 saturated carbocycles. The standard InChI is InChI=1S/C16H22N4O3/c1-22-10-14(11-3-2-6-23-9-11)19-16(21)13-8-18-20-5-4-12(17)7-15(13)20/h4-5,7-8,11,14H,2-3,6,9-10,17H2,1H3,(H,19,21). The van der Waals surface area contributed by atoms with Crippen LogP contribution in [0.4, 0.5) is 5.69 Å². The molecule has 3 heterocycles. The Balaban J connectivity index is 1.78. The number of hydrogen-bond donors (Lipinski definition) is 2. The summed E-state index contributed by atoms with van der Waals surface area (Å²) in [6.45, 7) is 1.90. The highest BCUT2D eigenvalue weighted by Gasteiger charge is 2.27. The Bertz CT molecular complexity index is 679. The third-order valence-corrected chi connectivity index (χ3v) is 4.22. The number of aromatic nitrogens is 2. The minimum atomic E-state index is -0.168. The second kappa shape index (κ2) is 6.97. The molecule has 2 unspecified atom stereocenters. The predicted molar refractivity (Wildman–Crippen MR) is 86.3 cm³/mol. The molecule has 2 aromatic heterocycles. The molecule has 0 aliphatic carbocycles. The van der Waals surface area contributed by atoms with E-state index in [-0.39, 0.29) is 17.9 Å². The van der Waals surface area contributed by atoms with Crippen LogP contribution in [-0.4, -0.2) is 48.5 Å². The smallest absolute Gasteiger partial charge is 0.255 e. The third-order valence-electron chi connectivity index (χ3n) is 4.22. The number of carbonyl (C=O) groups is 1. The van der Waals surface area contributed by atoms with E-state index in [0.717, 1.165) is 19.4 Å². The maximum atomic E-state index is 12.7. The van der Waals surface area contributed by atoms with Crippen LogP contribution in [0.5, 0.6) is 0 Å². The quantitative estimate of drug-likeness (QED) is 0.861. The van der Waals surface area contributed by atoms with Gasteiger partial charge in [0, 0.05) is 31.5 Å². The molecule has 0 aromatic carbocycles. The van der Waals surface area contributed by atoms with Crippen molar-refractivity contribution in [3.63, 3.8) is 0 Å². The van der Waals surface area contributed by atoms with Crippen LogP contribution in [0.2, 0.25) is 0 Å². The van der Waals surface area contributed by atoms with Gasteiger partial charge in [0.1, 0.15) is 0 Å². The number of fused-ring (bicyclic) bond motifs is 1. The third kappa shape index (κ3) is 3.46. The van der Waals surface area contributed by atoms with Crippen molar-refractivity contribution in [3.05, 3.63) is 30.1 Å². The largest absolute Gasteiger partial charge is 0.399 e. The Morgan fingerprint density at radius 1 is 1.65 bits per heavy atom. The van der Waals surface area contributed by atoms with Gasteiger partial charge < -0.3 is 20.5 Å². The Morgan fingerprint density at radius 3 is 3.26 bits per heavy atom. The van der Waals surface area contributed by atoms with Crippen LogP contribution in [0.15, 0.2) is 24.5 Å². The number of nitrogens with one attached hydrogen (secondary N) is 1. The second-order valence-corrected chi connectivity index (χ2v) is 5.86. The molecule has 3 N–H and O–H groups in total. The summed E-state index contributed by atoms with van der Waals surface area (Å²) in [5.41, 5.74) is 7.61. The summed E-state index contributed by atoms with van der Waals surface area (Å²) >= 11 is 0. The molecule has 0 radical (unpaired) electrons. The van der Waals surface area contributed by atoms with E-state index < -0.39 is 0 Å². The van der Waals surface area contributed by atoms with E-state index in [0.29, 0.717) is 30.0 Å². The monoisotopic (exact) mass is 318 g/mol. The molecule has 1 aliphatic heterocycles. The van der Waals surface area contributed by atoms with E-state index in [1.165, 1.54) is 0 Å². The van der Waals surface area contributed by atoms with E-state index in [1.54, 1.807) is 36.2 Å². The summed E-state index contributed by atoms with van der Waals surface area (Å²) < 4.78 is 12.4. The topological polar surface area (TPSA) is 90.9 Å². The molecule has 23 heavy (non-hydrogen) atoms. The van der Waals surface area contributed by atoms with Crippen LogP contribution in [-0.2, 0) is 9.47 Å². The number of rotatable bonds is 5. The summed E-state index contributed by atoms with van der Waals surface area (Å²) in [5.74, 6) is 0.0952. The summed E-state index contributed by atoms with van der Waals surface area (Å²) in [6, 6.07) is 3.41. The van der Waals surface area contributed by atoms with Crippen molar-refractivity contribution >= 4 is 17.1 Å². The molecular formula is C16H22N4O3. The van der Waals surface area contributed by atoms with Crippen LogP contribution in [0.25, 0.3) is 5.52 Å². The van der Waals surface area contributed by atoms with Crippen LogP contribution in [0.3, 0.4) is 0 Å². The van der Waals surface area contributed by atoms with E-state index >= 15 is 0 Å². The molecule has 1 saturated heterocycles. The van der Waals surface area contributed by atoms with Gasteiger partial charge in [-0.3, -0.25) is 4.79 Å². The van der Waals surface area contributed by atoms with Crippen molar-refractivity contribution < 1.29 is 14.3 Å². The van der Waals surface area contributed by atoms with Crippen molar-refractivity contribution in [1.29, 1.82) is 0 Å². The number of nitrogens with two attached hydrogens (primary N) is 1. The van der Waals surface area contributed by atoms with Crippen LogP contribution < -0.4 is 11.1 Å². The lowest BCUT2D eigenvalue weighted by molar-refractivity contribution is 0.0221. The van der Waals surface area contributed by atoms with Crippen LogP contribution >= 0.6 is 0 Å². The first-order chi connectivity index (χ1) is 11.2. The first-order valence-electron chi connectivity index (χ1n) is 7.79. The van der Waals surface area contributed by atoms with Gasteiger partial charge in [-0.15, -0.1) is 0 Å². The molecule has 1 amide bonds. The van der Waals surface area contributed by atoms with Crippen LogP contribution in [0.1, 0.15) is 23.2 Å². The Hall–Kier alpha value is -2.12. The van der Waals surface area contributed by atoms with Gasteiger partial charge in [0.05, 0.1) is 36.5 Å². The van der Waals surface area contributed by atoms with E-state index in [2.05, 4.69) is 10.4 Å². The maximum absolute atomic E-state index is 12.7. The van der Waals surface area contributed by atoms with E-state index in [4.69, 9.17) is 15.2 Å². The number of amides is 1. The number of methoxy groups -OCH3 is 1. The minimum Gasteiger partial charge on any atom is -0.399 e. The Labute approximate surface area is 134 Å². The zero-order valence-electron chi connectivity index (χ0n) is 13.2. The summed E-state index contributed by atoms with van der Waals surface area (Å²) in [6.07, 6.45) is 5.33. The predicted octanol–water partition coefficient (Wildman–Crippen LogP) is 1.09. The fourth-order valence-electron chi connectivity index (χ4n) is 2.98. The highest BCUT2D eigenvalue weighted by molar-refractivity contribution is 6.01. The first-order valence-corrected chi connectivity index (χ1v) is 7.79. The van der Waals surface area contributed by atoms with Gasteiger partial charge in [0.25, 0.3) is 5.91 Å². The van der Waals surface area contributed by atoms with Crippen molar-refractivity contribution in [3.8, 4) is 0 Å². The lowest BCUT2D eigenvalue weighted by Crippen LogP contribution is -2.46. The molecule has 124 valence electrons. The van der Waals surface area contributed by atoms with Gasteiger partial charge in [-0.05, 0) is 25.0 Å². The number of hydrogen-bond acceptors (Lipinski definition) is 5. The van der Waals surface area contributed by atoms with E-state index in [1.807, 2.05) is 0 Å². The Morgan fingerprint density at radius 2 is 2.52 bits per heavy atom. The number of ether oxygens (including phenoxy) is 2. The van der Waals surface area contributed by atoms with Gasteiger partial charge in [-0.1, -0.05) is 0 Å². The lowest BCUT2D eigenvalue weighted by atomic mass is 9.94. The molecular weight excluding hydrogens is 296 g/mol. The molecule has 7 nitrogen and oxygen atoms in total. The van der Waals surface area contributed by atoms with Crippen molar-refractivity contribution in [1.82, 2.24) is 14.9 Å². The van der Waals surface area contributed by atoms with Crippen molar-refractivity contribution in [2.45, 2.75) is 18.9 Å². The molecule has 1 aliphatic rings. The van der Waals surface area contributed by atoms with E-state index in [9.17, 15) is 4.79 Å². The van der Waals surface area contributed by atoms with Crippen LogP contribution in [0, 0.1) is 5.92 Å². The molecule has 0 bridgehead atoms. The highest BCUT2D eigenvalue weighted by Crippen LogP contribution is 2.19. The maximum Gasteiger partial charge on any atom is 0.255 e. The molecule has 2 aromatic rings. The molecule has 0 spiro atoms. The molecule has 7 heteroatoms. The fraction of sp³-hybridized carbons (Fsp3) is 0.500. The average molecular weight is 318 g/mol. The zero-order valence-corrected chi connectivity index (χ0v) is 13.2. The SMILES string of the molecule is COCC(NC(=O)c1cnn2ccc(N)cc12)C1CCCOC1. The highest BCUT2D eigenvalue weighted by atomic mass is 16.5. The van der Waals surface area contributed by atoms with Gasteiger partial charge in [0.2, 0.25) is 0 Å². The minimum absolute atomic E-state index is 0.0798.